The van der Waals surface area contributed by atoms with Crippen LogP contribution < -0.4 is 0 Å². The molecule has 2 amide bonds. The largest absolute Gasteiger partial charge is 0.380 e. The molecule has 0 unspecified atom stereocenters. The van der Waals surface area contributed by atoms with Gasteiger partial charge in [0, 0.05) is 36.5 Å². The lowest BCUT2D eigenvalue weighted by Crippen LogP contribution is -2.51. The van der Waals surface area contributed by atoms with E-state index in [4.69, 9.17) is 4.74 Å². The van der Waals surface area contributed by atoms with Gasteiger partial charge in [0.05, 0.1) is 13.2 Å². The number of H-pyrrole nitrogens is 1. The molecule has 0 saturated carbocycles. The Morgan fingerprint density at radius 3 is 2.77 bits per heavy atom. The first-order valence-electron chi connectivity index (χ1n) is 10.4. The Bertz CT molecular complexity index is 1120. The maximum Gasteiger partial charge on any atom is 0.270 e. The van der Waals surface area contributed by atoms with Crippen LogP contribution in [0.25, 0.3) is 10.9 Å². The summed E-state index contributed by atoms with van der Waals surface area (Å²) in [6.45, 7) is 5.35. The van der Waals surface area contributed by atoms with Gasteiger partial charge in [0.25, 0.3) is 5.91 Å². The van der Waals surface area contributed by atoms with E-state index in [9.17, 15) is 9.59 Å². The van der Waals surface area contributed by atoms with Crippen molar-refractivity contribution < 1.29 is 14.3 Å². The number of aryl methyl sites for hydroxylation is 1. The van der Waals surface area contributed by atoms with Crippen LogP contribution in [-0.2, 0) is 16.1 Å². The number of ether oxygens (including phenoxy) is 1. The normalized spacial score (nSPS) is 17.4. The van der Waals surface area contributed by atoms with Gasteiger partial charge in [-0.3, -0.25) is 9.59 Å². The van der Waals surface area contributed by atoms with Crippen LogP contribution in [0.4, 0.5) is 0 Å². The topological polar surface area (TPSA) is 65.6 Å². The first kappa shape index (κ1) is 18.9. The first-order valence-corrected chi connectivity index (χ1v) is 10.4. The van der Waals surface area contributed by atoms with Crippen LogP contribution in [0.5, 0.6) is 0 Å². The molecule has 2 aliphatic rings. The fourth-order valence-corrected chi connectivity index (χ4v) is 4.18. The van der Waals surface area contributed by atoms with Crippen molar-refractivity contribution in [3.8, 4) is 0 Å². The monoisotopic (exact) mass is 403 g/mol. The summed E-state index contributed by atoms with van der Waals surface area (Å²) < 4.78 is 5.29. The van der Waals surface area contributed by atoms with E-state index >= 15 is 0 Å². The van der Waals surface area contributed by atoms with Crippen LogP contribution in [0.1, 0.15) is 33.1 Å². The summed E-state index contributed by atoms with van der Waals surface area (Å²) in [4.78, 5) is 32.4. The van der Waals surface area contributed by atoms with Crippen molar-refractivity contribution in [1.82, 2.24) is 14.8 Å². The maximum atomic E-state index is 12.9. The molecule has 30 heavy (non-hydrogen) atoms. The summed E-state index contributed by atoms with van der Waals surface area (Å²) in [5.74, 6) is 0.331. The highest BCUT2D eigenvalue weighted by atomic mass is 16.5. The van der Waals surface area contributed by atoms with Gasteiger partial charge in [-0.1, -0.05) is 35.9 Å². The third-order valence-corrected chi connectivity index (χ3v) is 6.05. The second-order valence-electron chi connectivity index (χ2n) is 8.30. The Morgan fingerprint density at radius 1 is 1.13 bits per heavy atom. The SMILES string of the molecule is Cc1ccc2[nH]c(C(=O)N3CCN(Cc4cccc(C5COC5)c4)C(=O)C3)cc2c1. The van der Waals surface area contributed by atoms with Crippen LogP contribution in [0.3, 0.4) is 0 Å². The Morgan fingerprint density at radius 2 is 2.00 bits per heavy atom. The molecule has 5 rings (SSSR count). The molecule has 1 aromatic heterocycles. The van der Waals surface area contributed by atoms with Crippen molar-refractivity contribution in [2.75, 3.05) is 32.8 Å². The Labute approximate surface area is 175 Å². The fraction of sp³-hybridized carbons (Fsp3) is 0.333. The molecule has 0 spiro atoms. The number of aromatic amines is 1. The number of amides is 2. The minimum absolute atomic E-state index is 0.0149. The van der Waals surface area contributed by atoms with Gasteiger partial charge in [0.1, 0.15) is 12.2 Å². The fourth-order valence-electron chi connectivity index (χ4n) is 4.18. The van der Waals surface area contributed by atoms with Gasteiger partial charge in [-0.15, -0.1) is 0 Å². The zero-order valence-electron chi connectivity index (χ0n) is 17.1. The molecule has 0 aliphatic carbocycles. The molecule has 2 fully saturated rings. The summed E-state index contributed by atoms with van der Waals surface area (Å²) in [6.07, 6.45) is 0. The van der Waals surface area contributed by atoms with Crippen LogP contribution in [0.15, 0.2) is 48.5 Å². The highest BCUT2D eigenvalue weighted by Gasteiger charge is 2.29. The average molecular weight is 403 g/mol. The lowest BCUT2D eigenvalue weighted by atomic mass is 9.96. The van der Waals surface area contributed by atoms with E-state index < -0.39 is 0 Å². The molecule has 1 N–H and O–H groups in total. The number of hydrogen-bond acceptors (Lipinski definition) is 3. The molecule has 0 atom stereocenters. The molecule has 2 aromatic carbocycles. The molecule has 3 aromatic rings. The predicted molar refractivity (Wildman–Crippen MR) is 114 cm³/mol. The van der Waals surface area contributed by atoms with Crippen LogP contribution in [0, 0.1) is 6.92 Å². The third-order valence-electron chi connectivity index (χ3n) is 6.05. The summed E-state index contributed by atoms with van der Waals surface area (Å²) in [5, 5.41) is 1.01. The van der Waals surface area contributed by atoms with Crippen molar-refractivity contribution >= 4 is 22.7 Å². The standard InChI is InChI=1S/C24H25N3O3/c1-16-5-6-21-19(9-16)11-22(25-21)24(29)27-8-7-26(23(28)13-27)12-17-3-2-4-18(10-17)20-14-30-15-20/h2-6,9-11,20,25H,7-8,12-15H2,1H3. The molecular formula is C24H25N3O3. The number of benzene rings is 2. The van der Waals surface area contributed by atoms with E-state index in [0.717, 1.165) is 35.2 Å². The molecule has 6 heteroatoms. The zero-order chi connectivity index (χ0) is 20.7. The maximum absolute atomic E-state index is 12.9. The van der Waals surface area contributed by atoms with Gasteiger partial charge < -0.3 is 19.5 Å². The predicted octanol–water partition coefficient (Wildman–Crippen LogP) is 3.07. The lowest BCUT2D eigenvalue weighted by Gasteiger charge is -2.34. The minimum Gasteiger partial charge on any atom is -0.380 e. The van der Waals surface area contributed by atoms with Gasteiger partial charge in [-0.2, -0.15) is 0 Å². The number of hydrogen-bond donors (Lipinski definition) is 1. The Hall–Kier alpha value is -3.12. The Kier molecular flexibility index (Phi) is 4.79. The summed E-state index contributed by atoms with van der Waals surface area (Å²) in [6, 6.07) is 16.3. The van der Waals surface area contributed by atoms with Crippen molar-refractivity contribution in [2.45, 2.75) is 19.4 Å². The number of piperazine rings is 1. The minimum atomic E-state index is -0.121. The van der Waals surface area contributed by atoms with Crippen molar-refractivity contribution in [3.63, 3.8) is 0 Å². The highest BCUT2D eigenvalue weighted by molar-refractivity contribution is 6.00. The summed E-state index contributed by atoms with van der Waals surface area (Å²) in [7, 11) is 0. The molecule has 2 aliphatic heterocycles. The molecule has 154 valence electrons. The smallest absolute Gasteiger partial charge is 0.270 e. The molecule has 0 bridgehead atoms. The molecular weight excluding hydrogens is 378 g/mol. The quantitative estimate of drug-likeness (QED) is 0.728. The molecule has 3 heterocycles. The summed E-state index contributed by atoms with van der Waals surface area (Å²) >= 11 is 0. The van der Waals surface area contributed by atoms with Crippen molar-refractivity contribution in [3.05, 3.63) is 70.9 Å². The number of fused-ring (bicyclic) bond motifs is 1. The number of aromatic nitrogens is 1. The van der Waals surface area contributed by atoms with E-state index in [1.165, 1.54) is 5.56 Å². The second-order valence-corrected chi connectivity index (χ2v) is 8.30. The van der Waals surface area contributed by atoms with Gasteiger partial charge in [0.2, 0.25) is 5.91 Å². The highest BCUT2D eigenvalue weighted by Crippen LogP contribution is 2.25. The van der Waals surface area contributed by atoms with Gasteiger partial charge in [-0.25, -0.2) is 0 Å². The number of nitrogens with one attached hydrogen (secondary N) is 1. The number of rotatable bonds is 4. The van der Waals surface area contributed by atoms with Gasteiger partial charge in [0.15, 0.2) is 0 Å². The molecule has 2 saturated heterocycles. The van der Waals surface area contributed by atoms with E-state index in [2.05, 4.69) is 29.2 Å². The van der Waals surface area contributed by atoms with Crippen molar-refractivity contribution in [2.24, 2.45) is 0 Å². The second kappa shape index (κ2) is 7.61. The number of carbonyl (C=O) groups excluding carboxylic acids is 2. The van der Waals surface area contributed by atoms with Crippen LogP contribution in [-0.4, -0.2) is 59.4 Å². The first-order chi connectivity index (χ1) is 14.6. The van der Waals surface area contributed by atoms with Crippen molar-refractivity contribution in [1.29, 1.82) is 0 Å². The average Bonchev–Trinajstić information content (AvgIpc) is 3.11. The van der Waals surface area contributed by atoms with Gasteiger partial charge >= 0.3 is 0 Å². The van der Waals surface area contributed by atoms with E-state index in [1.807, 2.05) is 36.1 Å². The third kappa shape index (κ3) is 3.59. The van der Waals surface area contributed by atoms with Crippen LogP contribution in [0.2, 0.25) is 0 Å². The van der Waals surface area contributed by atoms with E-state index in [1.54, 1.807) is 4.90 Å². The number of carbonyl (C=O) groups is 2. The molecule has 6 nitrogen and oxygen atoms in total. The summed E-state index contributed by atoms with van der Waals surface area (Å²) in [5.41, 5.74) is 5.02. The molecule has 0 radical (unpaired) electrons. The zero-order valence-corrected chi connectivity index (χ0v) is 17.1. The number of nitrogens with zero attached hydrogens (tertiary/aromatic N) is 2. The lowest BCUT2D eigenvalue weighted by molar-refractivity contribution is -0.135. The van der Waals surface area contributed by atoms with Gasteiger partial charge in [-0.05, 0) is 36.2 Å². The Balaban J connectivity index is 1.25. The van der Waals surface area contributed by atoms with E-state index in [0.29, 0.717) is 31.2 Å². The van der Waals surface area contributed by atoms with E-state index in [-0.39, 0.29) is 18.4 Å². The van der Waals surface area contributed by atoms with Crippen LogP contribution >= 0.6 is 0 Å².